The van der Waals surface area contributed by atoms with Gasteiger partial charge in [-0.05, 0) is 56.0 Å². The van der Waals surface area contributed by atoms with Crippen molar-refractivity contribution in [3.05, 3.63) is 66.1 Å². The molecule has 1 amide bonds. The van der Waals surface area contributed by atoms with Crippen LogP contribution < -0.4 is 15.5 Å². The molecule has 0 radical (unpaired) electrons. The summed E-state index contributed by atoms with van der Waals surface area (Å²) < 4.78 is 13.3. The van der Waals surface area contributed by atoms with Crippen LogP contribution in [0.2, 0.25) is 0 Å². The van der Waals surface area contributed by atoms with E-state index in [2.05, 4.69) is 19.8 Å². The first-order chi connectivity index (χ1) is 17.4. The Morgan fingerprint density at radius 3 is 2.78 bits per heavy atom. The largest absolute Gasteiger partial charge is 0.375 e. The highest BCUT2D eigenvalue weighted by molar-refractivity contribution is 6.18. The average molecular weight is 488 g/mol. The molecule has 3 N–H and O–H groups in total. The number of nitrogens with one attached hydrogen (secondary N) is 1. The quantitative estimate of drug-likeness (QED) is 0.353. The fraction of sp³-hybridized carbons (Fsp3) is 0.321. The molecule has 36 heavy (non-hydrogen) atoms. The van der Waals surface area contributed by atoms with E-state index in [1.165, 1.54) is 18.3 Å². The number of rotatable bonds is 8. The van der Waals surface area contributed by atoms with Crippen LogP contribution in [0.4, 0.5) is 15.9 Å². The zero-order valence-electron chi connectivity index (χ0n) is 20.3. The Bertz CT molecular complexity index is 1420. The Kier molecular flexibility index (Phi) is 6.35. The Morgan fingerprint density at radius 1 is 1.25 bits per heavy atom. The third kappa shape index (κ3) is 4.39. The monoisotopic (exact) mass is 487 g/mol. The normalized spacial score (nSPS) is 18.0. The maximum absolute atomic E-state index is 13.3. The van der Waals surface area contributed by atoms with Gasteiger partial charge in [-0.15, -0.1) is 0 Å². The highest BCUT2D eigenvalue weighted by atomic mass is 19.1. The highest BCUT2D eigenvalue weighted by Crippen LogP contribution is 2.39. The smallest absolute Gasteiger partial charge is 0.252 e. The number of aromatic nitrogens is 2. The average Bonchev–Trinajstić information content (AvgIpc) is 3.28. The van der Waals surface area contributed by atoms with Gasteiger partial charge in [-0.25, -0.2) is 9.37 Å². The number of anilines is 2. The van der Waals surface area contributed by atoms with Crippen LogP contribution in [0.5, 0.6) is 0 Å². The fourth-order valence-corrected chi connectivity index (χ4v) is 5.45. The van der Waals surface area contributed by atoms with Crippen molar-refractivity contribution in [2.75, 3.05) is 36.5 Å². The second-order valence-corrected chi connectivity index (χ2v) is 9.79. The minimum atomic E-state index is -0.531. The number of aldehydes is 1. The summed E-state index contributed by atoms with van der Waals surface area (Å²) in [6.07, 6.45) is 5.91. The van der Waals surface area contributed by atoms with Gasteiger partial charge < -0.3 is 25.3 Å². The van der Waals surface area contributed by atoms with Crippen LogP contribution in [0.1, 0.15) is 36.0 Å². The van der Waals surface area contributed by atoms with Gasteiger partial charge in [0.05, 0.1) is 16.5 Å². The van der Waals surface area contributed by atoms with Crippen LogP contribution in [0.15, 0.2) is 54.7 Å². The highest BCUT2D eigenvalue weighted by Gasteiger charge is 2.36. The number of fused-ring (bicyclic) bond motifs is 3. The van der Waals surface area contributed by atoms with Crippen molar-refractivity contribution in [1.82, 2.24) is 9.97 Å². The lowest BCUT2D eigenvalue weighted by molar-refractivity contribution is -0.117. The molecule has 2 aromatic heterocycles. The molecule has 4 aromatic rings. The van der Waals surface area contributed by atoms with Gasteiger partial charge in [-0.2, -0.15) is 0 Å². The van der Waals surface area contributed by atoms with Crippen LogP contribution in [-0.2, 0) is 4.79 Å². The number of carbonyl (C=O) groups is 2. The molecule has 1 unspecified atom stereocenters. The lowest BCUT2D eigenvalue weighted by atomic mass is 9.77. The third-order valence-electron chi connectivity index (χ3n) is 7.37. The molecule has 1 fully saturated rings. The van der Waals surface area contributed by atoms with E-state index >= 15 is 0 Å². The molecule has 186 valence electrons. The van der Waals surface area contributed by atoms with Gasteiger partial charge in [0.1, 0.15) is 17.9 Å². The van der Waals surface area contributed by atoms with Crippen molar-refractivity contribution < 1.29 is 14.0 Å². The zero-order chi connectivity index (χ0) is 25.3. The van der Waals surface area contributed by atoms with Crippen LogP contribution in [0.3, 0.4) is 0 Å². The molecule has 0 aliphatic carbocycles. The molecular weight excluding hydrogens is 457 g/mol. The summed E-state index contributed by atoms with van der Waals surface area (Å²) in [6.45, 7) is 2.11. The molecule has 8 heteroatoms. The fourth-order valence-electron chi connectivity index (χ4n) is 5.45. The van der Waals surface area contributed by atoms with Crippen molar-refractivity contribution in [2.45, 2.75) is 25.7 Å². The number of H-pyrrole nitrogens is 1. The van der Waals surface area contributed by atoms with Gasteiger partial charge in [-0.1, -0.05) is 18.2 Å². The van der Waals surface area contributed by atoms with E-state index in [4.69, 9.17) is 5.73 Å². The number of benzene rings is 2. The van der Waals surface area contributed by atoms with E-state index in [0.717, 1.165) is 72.9 Å². The first-order valence-corrected chi connectivity index (χ1v) is 12.3. The summed E-state index contributed by atoms with van der Waals surface area (Å²) >= 11 is 0. The Balaban J connectivity index is 1.40. The van der Waals surface area contributed by atoms with E-state index < -0.39 is 11.3 Å². The van der Waals surface area contributed by atoms with Crippen molar-refractivity contribution in [3.63, 3.8) is 0 Å². The van der Waals surface area contributed by atoms with Crippen molar-refractivity contribution in [3.8, 4) is 0 Å². The molecule has 1 aliphatic rings. The van der Waals surface area contributed by atoms with Crippen LogP contribution in [-0.4, -0.2) is 48.8 Å². The molecule has 5 rings (SSSR count). The first-order valence-electron chi connectivity index (χ1n) is 12.3. The number of aromatic amines is 1. The van der Waals surface area contributed by atoms with Crippen LogP contribution in [0, 0.1) is 11.2 Å². The molecule has 1 aliphatic heterocycles. The SMILES string of the molecule is CN(CCCC1(C=O)CCCN(c2ncc(C(N)=O)c3[nH]c4ccccc4c23)C1)c1ccc(F)cc1. The summed E-state index contributed by atoms with van der Waals surface area (Å²) in [5.74, 6) is -0.0188. The Hall–Kier alpha value is -3.94. The van der Waals surface area contributed by atoms with Crippen LogP contribution >= 0.6 is 0 Å². The lowest BCUT2D eigenvalue weighted by Gasteiger charge is -2.40. The summed E-state index contributed by atoms with van der Waals surface area (Å²) in [4.78, 5) is 36.8. The van der Waals surface area contributed by atoms with Crippen LogP contribution in [0.25, 0.3) is 21.8 Å². The van der Waals surface area contributed by atoms with E-state index in [1.807, 2.05) is 31.3 Å². The minimum Gasteiger partial charge on any atom is -0.375 e. The second-order valence-electron chi connectivity index (χ2n) is 9.79. The molecular formula is C28H30FN5O2. The molecule has 1 saturated heterocycles. The minimum absolute atomic E-state index is 0.254. The number of primary amides is 1. The standard InChI is InChI=1S/C28H30FN5O2/c1-33(20-10-8-19(29)9-11-20)14-4-12-28(18-35)13-5-15-34(17-28)27-24-21-6-2-3-7-23(21)32-25(24)22(16-31-27)26(30)36/h2-3,6-11,16,18,32H,4-5,12-15,17H2,1H3,(H2,30,36). The number of pyridine rings is 1. The lowest BCUT2D eigenvalue weighted by Crippen LogP contribution is -2.45. The van der Waals surface area contributed by atoms with Gasteiger partial charge >= 0.3 is 0 Å². The number of nitrogens with zero attached hydrogens (tertiary/aromatic N) is 3. The van der Waals surface area contributed by atoms with Gasteiger partial charge in [-0.3, -0.25) is 4.79 Å². The molecule has 0 spiro atoms. The van der Waals surface area contributed by atoms with E-state index in [1.54, 1.807) is 12.1 Å². The number of hydrogen-bond acceptors (Lipinski definition) is 5. The number of carbonyl (C=O) groups excluding carboxylic acids is 2. The predicted octanol–water partition coefficient (Wildman–Crippen LogP) is 4.66. The van der Waals surface area contributed by atoms with Crippen molar-refractivity contribution >= 4 is 45.5 Å². The molecule has 1 atom stereocenters. The van der Waals surface area contributed by atoms with E-state index in [-0.39, 0.29) is 5.82 Å². The first kappa shape index (κ1) is 23.8. The summed E-state index contributed by atoms with van der Waals surface area (Å²) in [5, 5.41) is 1.83. The van der Waals surface area contributed by atoms with Gasteiger partial charge in [0.15, 0.2) is 0 Å². The maximum atomic E-state index is 13.3. The number of hydrogen-bond donors (Lipinski definition) is 2. The third-order valence-corrected chi connectivity index (χ3v) is 7.37. The molecule has 7 nitrogen and oxygen atoms in total. The number of piperidine rings is 1. The van der Waals surface area contributed by atoms with Gasteiger partial charge in [0, 0.05) is 54.9 Å². The summed E-state index contributed by atoms with van der Waals surface area (Å²) in [5.41, 5.74) is 8.05. The Morgan fingerprint density at radius 2 is 2.03 bits per heavy atom. The predicted molar refractivity (Wildman–Crippen MR) is 141 cm³/mol. The Labute approximate surface area is 209 Å². The maximum Gasteiger partial charge on any atom is 0.252 e. The molecule has 0 saturated carbocycles. The molecule has 3 heterocycles. The number of nitrogens with two attached hydrogens (primary N) is 1. The van der Waals surface area contributed by atoms with Crippen molar-refractivity contribution in [1.29, 1.82) is 0 Å². The number of amides is 1. The number of para-hydroxylation sites is 1. The van der Waals surface area contributed by atoms with E-state index in [0.29, 0.717) is 17.6 Å². The summed E-state index contributed by atoms with van der Waals surface area (Å²) in [6, 6.07) is 14.3. The van der Waals surface area contributed by atoms with Gasteiger partial charge in [0.25, 0.3) is 5.91 Å². The summed E-state index contributed by atoms with van der Waals surface area (Å²) in [7, 11) is 1.98. The topological polar surface area (TPSA) is 95.3 Å². The zero-order valence-corrected chi connectivity index (χ0v) is 20.3. The van der Waals surface area contributed by atoms with E-state index in [9.17, 15) is 14.0 Å². The molecule has 2 aromatic carbocycles. The second kappa shape index (κ2) is 9.60. The van der Waals surface area contributed by atoms with Gasteiger partial charge in [0.2, 0.25) is 0 Å². The molecule has 0 bridgehead atoms. The number of halogens is 1. The van der Waals surface area contributed by atoms with Crippen molar-refractivity contribution in [2.24, 2.45) is 11.1 Å².